The fourth-order valence-corrected chi connectivity index (χ4v) is 15.4. The maximum Gasteiger partial charge on any atom is 0.217 e. The Balaban J connectivity index is 0.949. The number of nitrogens with one attached hydrogen (secondary N) is 3. The summed E-state index contributed by atoms with van der Waals surface area (Å²) in [5.41, 5.74) is 0. The van der Waals surface area contributed by atoms with Crippen LogP contribution in [-0.4, -0.2) is 515 Å². The monoisotopic (exact) mass is 1730 g/mol. The summed E-state index contributed by atoms with van der Waals surface area (Å²) in [5, 5.41) is 307. The van der Waals surface area contributed by atoms with Crippen molar-refractivity contribution in [2.45, 2.75) is 341 Å². The minimum Gasteiger partial charge on any atom is -0.394 e. The molecule has 52 nitrogen and oxygen atoms in total. The van der Waals surface area contributed by atoms with Gasteiger partial charge in [0.1, 0.15) is 232 Å². The van der Waals surface area contributed by atoms with E-state index in [0.717, 1.165) is 20.8 Å². The zero-order valence-corrected chi connectivity index (χ0v) is 63.6. The Bertz CT molecular complexity index is 3140. The molecule has 50 atom stereocenters. The highest BCUT2D eigenvalue weighted by Gasteiger charge is 2.62. The zero-order valence-electron chi connectivity index (χ0n) is 63.6. The number of aliphatic hydroxyl groups excluding tert-OH is 27. The van der Waals surface area contributed by atoms with Gasteiger partial charge in [-0.25, -0.2) is 0 Å². The first-order valence-electron chi connectivity index (χ1n) is 37.9. The number of carbonyl (C=O) groups excluding carboxylic acids is 3. The molecule has 0 spiro atoms. The number of aliphatic hydroxyl groups is 27. The highest BCUT2D eigenvalue weighted by Crippen LogP contribution is 2.41. The van der Waals surface area contributed by atoms with Crippen molar-refractivity contribution >= 4 is 17.7 Å². The van der Waals surface area contributed by atoms with Gasteiger partial charge in [-0.3, -0.25) is 14.4 Å². The molecule has 10 aliphatic rings. The second kappa shape index (κ2) is 41.8. The van der Waals surface area contributed by atoms with Gasteiger partial charge in [0.25, 0.3) is 0 Å². The first kappa shape index (κ1) is 96.8. The van der Waals surface area contributed by atoms with E-state index in [1.54, 1.807) is 0 Å². The van der Waals surface area contributed by atoms with E-state index >= 15 is 0 Å². The van der Waals surface area contributed by atoms with E-state index in [1.165, 1.54) is 13.8 Å². The summed E-state index contributed by atoms with van der Waals surface area (Å²) in [6.45, 7) is -3.64. The fourth-order valence-electron chi connectivity index (χ4n) is 15.4. The number of amides is 3. The predicted octanol–water partition coefficient (Wildman–Crippen LogP) is -20.3. The Morgan fingerprint density at radius 1 is 0.237 bits per heavy atom. The molecule has 10 saturated heterocycles. The molecule has 3 amide bonds. The van der Waals surface area contributed by atoms with Crippen LogP contribution in [0.25, 0.3) is 0 Å². The molecule has 684 valence electrons. The number of carbonyl (C=O) groups is 3. The molecule has 0 bridgehead atoms. The van der Waals surface area contributed by atoms with Crippen LogP contribution < -0.4 is 16.0 Å². The van der Waals surface area contributed by atoms with Gasteiger partial charge in [-0.1, -0.05) is 0 Å². The first-order chi connectivity index (χ1) is 55.8. The first-order valence-corrected chi connectivity index (χ1v) is 37.9. The van der Waals surface area contributed by atoms with Gasteiger partial charge in [0.2, 0.25) is 17.7 Å². The quantitative estimate of drug-likeness (QED) is 0.0331. The summed E-state index contributed by atoms with van der Waals surface area (Å²) in [6.07, 6.45) is -96.5. The summed E-state index contributed by atoms with van der Waals surface area (Å²) >= 11 is 0. The molecular weight excluding hydrogens is 1620 g/mol. The van der Waals surface area contributed by atoms with Crippen LogP contribution in [0.1, 0.15) is 34.6 Å². The Kier molecular flexibility index (Phi) is 34.3. The molecule has 0 aliphatic carbocycles. The molecule has 10 aliphatic heterocycles. The van der Waals surface area contributed by atoms with Crippen molar-refractivity contribution in [1.29, 1.82) is 0 Å². The Hall–Kier alpha value is -3.43. The lowest BCUT2D eigenvalue weighted by Crippen LogP contribution is -2.71. The molecule has 10 rings (SSSR count). The number of hydrogen-bond acceptors (Lipinski definition) is 49. The summed E-state index contributed by atoms with van der Waals surface area (Å²) in [6, 6.07) is -5.88. The van der Waals surface area contributed by atoms with E-state index in [0.29, 0.717) is 0 Å². The minimum atomic E-state index is -2.51. The summed E-state index contributed by atoms with van der Waals surface area (Å²) in [5.74, 6) is -2.91. The van der Waals surface area contributed by atoms with Crippen LogP contribution in [0.3, 0.4) is 0 Å². The maximum absolute atomic E-state index is 13.7. The van der Waals surface area contributed by atoms with Crippen LogP contribution in [0.2, 0.25) is 0 Å². The Morgan fingerprint density at radius 2 is 0.534 bits per heavy atom. The third kappa shape index (κ3) is 20.8. The van der Waals surface area contributed by atoms with Crippen LogP contribution in [0.5, 0.6) is 0 Å². The average Bonchev–Trinajstić information content (AvgIpc) is 0.755. The van der Waals surface area contributed by atoms with Crippen molar-refractivity contribution in [3.05, 3.63) is 0 Å². The predicted molar refractivity (Wildman–Crippen MR) is 362 cm³/mol. The third-order valence-corrected chi connectivity index (χ3v) is 22.0. The molecular formula is C66H111N3O49. The molecule has 1 unspecified atom stereocenters. The van der Waals surface area contributed by atoms with Gasteiger partial charge in [0.15, 0.2) is 62.9 Å². The van der Waals surface area contributed by atoms with Gasteiger partial charge in [-0.05, 0) is 13.8 Å². The van der Waals surface area contributed by atoms with E-state index < -0.39 is 377 Å². The SMILES string of the molecule is CC(=O)N[C@H]1[C@H](OC[C@H]2O[C@@H](O[C@H]3[C@@H](O)[C@@H](O)C(O)O[C@@H]3CO)[C@H](O)[C@@H](O[C@@H]3O[C@H](CO)[C@@H](O[C@@H]4O[C@@H](C)[C@@H](O)[C@@H](O)[C@@H]4O)[C@H](O[C@@H]4O[C@H](CO)[C@H](O)[C@H](O)[C@H]4O[C@@H]4O[C@@H](C)[C@@H](O)[C@@H](O)[C@@H]4O)[C@H]3NC(C)=O)[C@H]2O)O[C@H](CO)[C@@H](O[C@@H]2O[C@H](CO)[C@H](O)[C@H](O[C@@H]3O[C@H](CO)[C@@H](O)[C@H](O[C@@H]4O[C@H](CO)[C@H](O)[C@H](O)[C@H]4O)[C@H]3NC(C)=O)[C@H]2O)[C@@H]1O. The van der Waals surface area contributed by atoms with Crippen LogP contribution in [0.4, 0.5) is 0 Å². The van der Waals surface area contributed by atoms with E-state index in [-0.39, 0.29) is 0 Å². The third-order valence-electron chi connectivity index (χ3n) is 22.0. The number of hydrogen-bond donors (Lipinski definition) is 30. The van der Waals surface area contributed by atoms with Crippen LogP contribution in [0.15, 0.2) is 0 Å². The number of ether oxygens (including phenoxy) is 19. The van der Waals surface area contributed by atoms with E-state index in [4.69, 9.17) is 90.0 Å². The lowest BCUT2D eigenvalue weighted by molar-refractivity contribution is -0.401. The van der Waals surface area contributed by atoms with Crippen molar-refractivity contribution in [2.24, 2.45) is 0 Å². The minimum absolute atomic E-state index is 0.902. The summed E-state index contributed by atoms with van der Waals surface area (Å²) < 4.78 is 113. The van der Waals surface area contributed by atoms with Gasteiger partial charge in [0.05, 0.1) is 65.1 Å². The molecule has 0 aromatic rings. The maximum atomic E-state index is 13.7. The average molecular weight is 1730 g/mol. The molecule has 0 aromatic heterocycles. The largest absolute Gasteiger partial charge is 0.394 e. The van der Waals surface area contributed by atoms with Crippen LogP contribution in [-0.2, 0) is 104 Å². The van der Waals surface area contributed by atoms with E-state index in [2.05, 4.69) is 16.0 Å². The molecule has 0 aromatic carbocycles. The van der Waals surface area contributed by atoms with Crippen molar-refractivity contribution in [2.75, 3.05) is 52.9 Å². The lowest BCUT2D eigenvalue weighted by Gasteiger charge is -2.52. The Labute approximate surface area is 668 Å². The van der Waals surface area contributed by atoms with Crippen molar-refractivity contribution in [1.82, 2.24) is 16.0 Å². The van der Waals surface area contributed by atoms with Gasteiger partial charge in [0, 0.05) is 20.8 Å². The van der Waals surface area contributed by atoms with Crippen molar-refractivity contribution < 1.29 is 242 Å². The van der Waals surface area contributed by atoms with Crippen LogP contribution >= 0.6 is 0 Å². The summed E-state index contributed by atoms with van der Waals surface area (Å²) in [7, 11) is 0. The topological polar surface area (TPSA) is 809 Å². The Morgan fingerprint density at radius 3 is 1.01 bits per heavy atom. The molecule has 30 N–H and O–H groups in total. The molecule has 10 heterocycles. The van der Waals surface area contributed by atoms with Crippen molar-refractivity contribution in [3.8, 4) is 0 Å². The lowest BCUT2D eigenvalue weighted by atomic mass is 9.93. The van der Waals surface area contributed by atoms with E-state index in [9.17, 15) is 152 Å². The zero-order chi connectivity index (χ0) is 86.8. The summed E-state index contributed by atoms with van der Waals surface area (Å²) in [4.78, 5) is 39.7. The van der Waals surface area contributed by atoms with Gasteiger partial charge >= 0.3 is 0 Å². The van der Waals surface area contributed by atoms with Gasteiger partial charge in [-0.15, -0.1) is 0 Å². The molecule has 0 radical (unpaired) electrons. The molecule has 0 saturated carbocycles. The normalized spacial score (nSPS) is 51.1. The van der Waals surface area contributed by atoms with Crippen LogP contribution in [0, 0.1) is 0 Å². The second-order valence-corrected chi connectivity index (χ2v) is 30.2. The highest BCUT2D eigenvalue weighted by molar-refractivity contribution is 5.74. The second-order valence-electron chi connectivity index (χ2n) is 30.2. The smallest absolute Gasteiger partial charge is 0.217 e. The molecule has 10 fully saturated rings. The van der Waals surface area contributed by atoms with Gasteiger partial charge < -0.3 is 244 Å². The molecule has 52 heteroatoms. The molecule has 118 heavy (non-hydrogen) atoms. The number of rotatable bonds is 29. The standard InChI is InChI=1S/C66H111N3O49/c1-14-30(80)38(88)44(94)61(101-14)113-51-25(12-76)109-60(29(69-18(5)79)53(51)115-66-56(41(91)33(83)20(7-71)107-66)118-62-45(95)39(89)31(81)15(2)102-62)117-55-36(86)26(110-65(48(55)98)112-50-23(10-74)103-57(99)43(93)42(50)92)13-100-58-27(67-16(3)77)37(87)49(24(11-75)108-58)111-64-47(97)54(35(85)22(9-73)106-64)116-59-28(68-17(4)78)52(34(84)21(8-72)104-59)114-63-46(96)40(90)32(82)19(6-70)105-63/h14-15,19-66,70-76,80-99H,6-13H2,1-5H3,(H,67,77)(H,68,78)(H,69,79)/t14-,15-,19+,20+,21+,22+,23+,24+,25+,26+,27+,28+,29+,30+,31+,32-,33-,34+,35-,36-,37+,38+,39+,40-,41-,42-,43+,44-,45-,46+,47+,48+,49+,50+,51+,52+,53+,54-,55-,56+,57?,58+,59-,60-,61-,62-,63-,64-,65-,66-/m0/s1. The van der Waals surface area contributed by atoms with E-state index in [1.807, 2.05) is 0 Å². The van der Waals surface area contributed by atoms with Crippen molar-refractivity contribution in [3.63, 3.8) is 0 Å². The van der Waals surface area contributed by atoms with Gasteiger partial charge in [-0.2, -0.15) is 0 Å². The fraction of sp³-hybridized carbons (Fsp3) is 0.955. The highest BCUT2D eigenvalue weighted by atomic mass is 16.8.